The number of hydrogen-bond acceptors (Lipinski definition) is 1. The predicted molar refractivity (Wildman–Crippen MR) is 51.3 cm³/mol. The highest BCUT2D eigenvalue weighted by atomic mass is 15.1. The van der Waals surface area contributed by atoms with Crippen LogP contribution in [0.4, 0.5) is 0 Å². The molecule has 12 heavy (non-hydrogen) atoms. The molecule has 0 aliphatic carbocycles. The quantitative estimate of drug-likeness (QED) is 0.626. The number of aryl methyl sites for hydroxylation is 3. The van der Waals surface area contributed by atoms with Gasteiger partial charge in [0.1, 0.15) is 5.82 Å². The van der Waals surface area contributed by atoms with Crippen LogP contribution in [0.1, 0.15) is 38.7 Å². The molecule has 0 N–H and O–H groups in total. The molecule has 0 saturated heterocycles. The van der Waals surface area contributed by atoms with Crippen LogP contribution < -0.4 is 0 Å². The van der Waals surface area contributed by atoms with Gasteiger partial charge in [-0.3, -0.25) is 0 Å². The molecule has 0 unspecified atom stereocenters. The van der Waals surface area contributed by atoms with Gasteiger partial charge in [0, 0.05) is 19.2 Å². The third-order valence-corrected chi connectivity index (χ3v) is 2.07. The van der Waals surface area contributed by atoms with Gasteiger partial charge in [-0.15, -0.1) is 0 Å². The minimum Gasteiger partial charge on any atom is -0.335 e. The van der Waals surface area contributed by atoms with Gasteiger partial charge in [0.05, 0.1) is 5.69 Å². The van der Waals surface area contributed by atoms with Crippen LogP contribution in [0.3, 0.4) is 0 Å². The molecule has 0 saturated carbocycles. The Hall–Kier alpha value is -0.790. The Morgan fingerprint density at radius 2 is 2.25 bits per heavy atom. The van der Waals surface area contributed by atoms with E-state index in [0.29, 0.717) is 0 Å². The molecular formula is C10H18N2. The third-order valence-electron chi connectivity index (χ3n) is 2.07. The van der Waals surface area contributed by atoms with Crippen LogP contribution in [0.25, 0.3) is 0 Å². The van der Waals surface area contributed by atoms with Crippen LogP contribution in [0.5, 0.6) is 0 Å². The number of fused-ring (bicyclic) bond motifs is 1. The molecular weight excluding hydrogens is 148 g/mol. The largest absolute Gasteiger partial charge is 0.335 e. The molecule has 0 bridgehead atoms. The zero-order valence-electron chi connectivity index (χ0n) is 8.30. The second-order valence-corrected chi connectivity index (χ2v) is 2.80. The number of rotatable bonds is 1. The minimum atomic E-state index is 1.07. The van der Waals surface area contributed by atoms with Crippen LogP contribution in [-0.4, -0.2) is 9.55 Å². The Bertz CT molecular complexity index is 216. The van der Waals surface area contributed by atoms with E-state index in [1.165, 1.54) is 30.9 Å². The Balaban J connectivity index is 0.000000336. The number of aromatic nitrogens is 2. The van der Waals surface area contributed by atoms with E-state index in [1.54, 1.807) is 0 Å². The molecule has 0 atom stereocenters. The maximum absolute atomic E-state index is 4.47. The lowest BCUT2D eigenvalue weighted by atomic mass is 10.3. The second-order valence-electron chi connectivity index (χ2n) is 2.80. The molecule has 0 spiro atoms. The molecule has 2 nitrogen and oxygen atoms in total. The zero-order chi connectivity index (χ0) is 8.97. The molecule has 68 valence electrons. The van der Waals surface area contributed by atoms with E-state index in [1.807, 2.05) is 13.8 Å². The summed E-state index contributed by atoms with van der Waals surface area (Å²) in [5, 5.41) is 0. The topological polar surface area (TPSA) is 17.8 Å². The summed E-state index contributed by atoms with van der Waals surface area (Å²) in [5.41, 5.74) is 1.25. The molecule has 1 aromatic rings. The van der Waals surface area contributed by atoms with Gasteiger partial charge in [-0.1, -0.05) is 20.8 Å². The summed E-state index contributed by atoms with van der Waals surface area (Å²) in [7, 11) is 0. The van der Waals surface area contributed by atoms with Crippen molar-refractivity contribution in [2.75, 3.05) is 0 Å². The van der Waals surface area contributed by atoms with Crippen molar-refractivity contribution in [2.24, 2.45) is 0 Å². The normalized spacial score (nSPS) is 13.6. The van der Waals surface area contributed by atoms with E-state index in [0.717, 1.165) is 6.42 Å². The van der Waals surface area contributed by atoms with Gasteiger partial charge in [-0.2, -0.15) is 0 Å². The summed E-state index contributed by atoms with van der Waals surface area (Å²) in [6, 6.07) is 0. The van der Waals surface area contributed by atoms with Crippen molar-refractivity contribution >= 4 is 0 Å². The van der Waals surface area contributed by atoms with Crippen molar-refractivity contribution in [1.29, 1.82) is 0 Å². The van der Waals surface area contributed by atoms with Crippen LogP contribution in [0, 0.1) is 0 Å². The standard InChI is InChI=1S/C8H12N2.C2H6/c1-2-7-6-10-5-3-4-8(10)9-7;1-2/h6H,2-5H2,1H3;1-2H3. The van der Waals surface area contributed by atoms with Crippen LogP contribution in [-0.2, 0) is 19.4 Å². The van der Waals surface area contributed by atoms with Crippen molar-refractivity contribution in [3.8, 4) is 0 Å². The van der Waals surface area contributed by atoms with Gasteiger partial charge in [0.15, 0.2) is 0 Å². The Labute approximate surface area is 74.6 Å². The molecule has 1 aliphatic rings. The predicted octanol–water partition coefficient (Wildman–Crippen LogP) is 2.42. The fourth-order valence-corrected chi connectivity index (χ4v) is 1.48. The van der Waals surface area contributed by atoms with E-state index >= 15 is 0 Å². The van der Waals surface area contributed by atoms with Crippen LogP contribution in [0.15, 0.2) is 6.20 Å². The molecule has 2 heterocycles. The average molecular weight is 166 g/mol. The van der Waals surface area contributed by atoms with Gasteiger partial charge < -0.3 is 4.57 Å². The van der Waals surface area contributed by atoms with Gasteiger partial charge in [0.2, 0.25) is 0 Å². The van der Waals surface area contributed by atoms with Crippen molar-refractivity contribution < 1.29 is 0 Å². The highest BCUT2D eigenvalue weighted by Gasteiger charge is 2.11. The van der Waals surface area contributed by atoms with E-state index in [9.17, 15) is 0 Å². The first-order chi connectivity index (χ1) is 5.90. The minimum absolute atomic E-state index is 1.07. The first-order valence-electron chi connectivity index (χ1n) is 4.95. The zero-order valence-corrected chi connectivity index (χ0v) is 8.30. The lowest BCUT2D eigenvalue weighted by Crippen LogP contribution is -1.87. The SMILES string of the molecule is CC.CCc1cn2c(n1)CCC2. The molecule has 1 aromatic heterocycles. The summed E-state index contributed by atoms with van der Waals surface area (Å²) in [6.07, 6.45) is 5.72. The van der Waals surface area contributed by atoms with Crippen LogP contribution in [0.2, 0.25) is 0 Å². The highest BCUT2D eigenvalue weighted by Crippen LogP contribution is 2.13. The molecule has 1 aliphatic heterocycles. The van der Waals surface area contributed by atoms with Gasteiger partial charge in [-0.05, 0) is 12.8 Å². The van der Waals surface area contributed by atoms with E-state index < -0.39 is 0 Å². The summed E-state index contributed by atoms with van der Waals surface area (Å²) in [5.74, 6) is 1.29. The van der Waals surface area contributed by atoms with Crippen molar-refractivity contribution in [3.05, 3.63) is 17.7 Å². The Morgan fingerprint density at radius 3 is 2.83 bits per heavy atom. The van der Waals surface area contributed by atoms with E-state index in [-0.39, 0.29) is 0 Å². The maximum Gasteiger partial charge on any atom is 0.109 e. The lowest BCUT2D eigenvalue weighted by Gasteiger charge is -1.89. The van der Waals surface area contributed by atoms with E-state index in [4.69, 9.17) is 0 Å². The summed E-state index contributed by atoms with van der Waals surface area (Å²) < 4.78 is 2.28. The number of hydrogen-bond donors (Lipinski definition) is 0. The van der Waals surface area contributed by atoms with Crippen molar-refractivity contribution in [2.45, 2.75) is 46.6 Å². The molecule has 2 rings (SSSR count). The van der Waals surface area contributed by atoms with Gasteiger partial charge in [-0.25, -0.2) is 4.98 Å². The van der Waals surface area contributed by atoms with Gasteiger partial charge >= 0.3 is 0 Å². The number of imidazole rings is 1. The summed E-state index contributed by atoms with van der Waals surface area (Å²) >= 11 is 0. The molecule has 0 radical (unpaired) electrons. The first-order valence-corrected chi connectivity index (χ1v) is 4.95. The average Bonchev–Trinajstić information content (AvgIpc) is 2.65. The number of nitrogens with zero attached hydrogens (tertiary/aromatic N) is 2. The first kappa shape index (κ1) is 9.30. The highest BCUT2D eigenvalue weighted by molar-refractivity contribution is 5.06. The Kier molecular flexibility index (Phi) is 3.32. The summed E-state index contributed by atoms with van der Waals surface area (Å²) in [6.45, 7) is 7.33. The lowest BCUT2D eigenvalue weighted by molar-refractivity contribution is 0.746. The third kappa shape index (κ3) is 1.68. The Morgan fingerprint density at radius 1 is 1.50 bits per heavy atom. The molecule has 0 fully saturated rings. The van der Waals surface area contributed by atoms with Gasteiger partial charge in [0.25, 0.3) is 0 Å². The molecule has 0 aromatic carbocycles. The van der Waals surface area contributed by atoms with Crippen molar-refractivity contribution in [1.82, 2.24) is 9.55 Å². The monoisotopic (exact) mass is 166 g/mol. The van der Waals surface area contributed by atoms with Crippen LogP contribution >= 0.6 is 0 Å². The summed E-state index contributed by atoms with van der Waals surface area (Å²) in [4.78, 5) is 4.47. The fraction of sp³-hybridized carbons (Fsp3) is 0.700. The maximum atomic E-state index is 4.47. The molecule has 0 amide bonds. The fourth-order valence-electron chi connectivity index (χ4n) is 1.48. The second kappa shape index (κ2) is 4.29. The smallest absolute Gasteiger partial charge is 0.109 e. The van der Waals surface area contributed by atoms with E-state index in [2.05, 4.69) is 22.7 Å². The van der Waals surface area contributed by atoms with Crippen molar-refractivity contribution in [3.63, 3.8) is 0 Å². The molecule has 2 heteroatoms.